The number of ether oxygens (including phenoxy) is 2. The first-order valence-corrected chi connectivity index (χ1v) is 6.57. The average molecular weight is 271 g/mol. The highest BCUT2D eigenvalue weighted by atomic mass is 35.5. The predicted molar refractivity (Wildman–Crippen MR) is 71.2 cm³/mol. The van der Waals surface area contributed by atoms with Crippen molar-refractivity contribution in [2.45, 2.75) is 37.4 Å². The van der Waals surface area contributed by atoms with E-state index in [1.165, 1.54) is 0 Å². The Kier molecular flexibility index (Phi) is 4.15. The number of benzene rings is 1. The summed E-state index contributed by atoms with van der Waals surface area (Å²) in [5, 5.41) is 11.1. The number of rotatable bonds is 4. The highest BCUT2D eigenvalue weighted by Gasteiger charge is 2.41. The van der Waals surface area contributed by atoms with Crippen molar-refractivity contribution in [2.24, 2.45) is 0 Å². The number of methoxy groups -OCH3 is 2. The normalized spacial score (nSPS) is 19.8. The van der Waals surface area contributed by atoms with Gasteiger partial charge in [0.25, 0.3) is 0 Å². The maximum atomic E-state index is 10.6. The maximum Gasteiger partial charge on any atom is 0.137 e. The third-order valence-electron chi connectivity index (χ3n) is 3.85. The number of hydrogen-bond donors (Lipinski definition) is 1. The Morgan fingerprint density at radius 3 is 2.50 bits per heavy atom. The van der Waals surface area contributed by atoms with Crippen LogP contribution in [0, 0.1) is 0 Å². The van der Waals surface area contributed by atoms with Gasteiger partial charge in [-0.1, -0.05) is 30.5 Å². The zero-order valence-electron chi connectivity index (χ0n) is 10.8. The molecule has 0 amide bonds. The number of hydrogen-bond acceptors (Lipinski definition) is 3. The van der Waals surface area contributed by atoms with Gasteiger partial charge in [0.15, 0.2) is 0 Å². The van der Waals surface area contributed by atoms with Gasteiger partial charge >= 0.3 is 0 Å². The Morgan fingerprint density at radius 1 is 1.28 bits per heavy atom. The number of aliphatic hydroxyl groups excluding tert-OH is 1. The molecule has 1 aliphatic carbocycles. The van der Waals surface area contributed by atoms with Crippen LogP contribution in [0.1, 0.15) is 37.4 Å². The molecule has 1 fully saturated rings. The number of aliphatic hydroxyl groups is 1. The third kappa shape index (κ3) is 2.35. The Bertz CT molecular complexity index is 414. The molecule has 4 heteroatoms. The fraction of sp³-hybridized carbons (Fsp3) is 0.571. The van der Waals surface area contributed by atoms with Crippen LogP contribution >= 0.6 is 11.6 Å². The molecule has 0 saturated heterocycles. The molecular formula is C14H19ClO3. The second kappa shape index (κ2) is 5.47. The summed E-state index contributed by atoms with van der Waals surface area (Å²) in [5.41, 5.74) is 0.332. The lowest BCUT2D eigenvalue weighted by molar-refractivity contribution is -0.100. The van der Waals surface area contributed by atoms with E-state index >= 15 is 0 Å². The van der Waals surface area contributed by atoms with E-state index < -0.39 is 11.7 Å². The molecule has 18 heavy (non-hydrogen) atoms. The van der Waals surface area contributed by atoms with Crippen molar-refractivity contribution in [1.82, 2.24) is 0 Å². The fourth-order valence-corrected chi connectivity index (χ4v) is 2.91. The molecule has 1 aromatic rings. The molecule has 3 nitrogen and oxygen atoms in total. The molecule has 0 aromatic heterocycles. The Balaban J connectivity index is 2.30. The minimum Gasteiger partial charge on any atom is -0.495 e. The van der Waals surface area contributed by atoms with Crippen LogP contribution in [0.25, 0.3) is 0 Å². The summed E-state index contributed by atoms with van der Waals surface area (Å²) >= 11 is 5.99. The molecule has 1 unspecified atom stereocenters. The SMILES string of the molecule is COc1cc(C(O)C2(OC)CCCC2)ccc1Cl. The minimum absolute atomic E-state index is 0.459. The standard InChI is InChI=1S/C14H19ClO3/c1-17-12-9-10(5-6-11(12)15)13(16)14(18-2)7-3-4-8-14/h5-6,9,13,16H,3-4,7-8H2,1-2H3. The first kappa shape index (κ1) is 13.7. The van der Waals surface area contributed by atoms with E-state index in [-0.39, 0.29) is 0 Å². The smallest absolute Gasteiger partial charge is 0.137 e. The maximum absolute atomic E-state index is 10.6. The van der Waals surface area contributed by atoms with Crippen LogP contribution in [0.2, 0.25) is 5.02 Å². The van der Waals surface area contributed by atoms with Gasteiger partial charge in [0.1, 0.15) is 11.9 Å². The monoisotopic (exact) mass is 270 g/mol. The van der Waals surface area contributed by atoms with Crippen molar-refractivity contribution in [3.05, 3.63) is 28.8 Å². The zero-order chi connectivity index (χ0) is 13.2. The van der Waals surface area contributed by atoms with Gasteiger partial charge in [0.05, 0.1) is 17.7 Å². The van der Waals surface area contributed by atoms with Crippen molar-refractivity contribution in [2.75, 3.05) is 14.2 Å². The first-order valence-electron chi connectivity index (χ1n) is 6.19. The minimum atomic E-state index is -0.642. The summed E-state index contributed by atoms with van der Waals surface area (Å²) < 4.78 is 10.8. The van der Waals surface area contributed by atoms with Gasteiger partial charge in [0.2, 0.25) is 0 Å². The lowest BCUT2D eigenvalue weighted by Gasteiger charge is -2.33. The molecule has 0 radical (unpaired) electrons. The molecule has 0 heterocycles. The van der Waals surface area contributed by atoms with Crippen LogP contribution in [-0.2, 0) is 4.74 Å². The molecule has 1 N–H and O–H groups in total. The summed E-state index contributed by atoms with van der Waals surface area (Å²) in [6.07, 6.45) is 3.31. The van der Waals surface area contributed by atoms with E-state index in [0.29, 0.717) is 10.8 Å². The van der Waals surface area contributed by atoms with Crippen molar-refractivity contribution in [3.63, 3.8) is 0 Å². The fourth-order valence-electron chi connectivity index (χ4n) is 2.71. The second-order valence-corrected chi connectivity index (χ2v) is 5.18. The molecule has 1 aliphatic rings. The summed E-state index contributed by atoms with van der Waals surface area (Å²) in [6, 6.07) is 5.36. The Labute approximate surface area is 113 Å². The summed E-state index contributed by atoms with van der Waals surface area (Å²) in [5.74, 6) is 0.581. The summed E-state index contributed by atoms with van der Waals surface area (Å²) in [6.45, 7) is 0. The van der Waals surface area contributed by atoms with Gasteiger partial charge in [-0.05, 0) is 30.5 Å². The van der Waals surface area contributed by atoms with Gasteiger partial charge in [-0.3, -0.25) is 0 Å². The molecular weight excluding hydrogens is 252 g/mol. The van der Waals surface area contributed by atoms with Crippen molar-refractivity contribution < 1.29 is 14.6 Å². The zero-order valence-corrected chi connectivity index (χ0v) is 11.5. The number of halogens is 1. The van der Waals surface area contributed by atoms with Crippen molar-refractivity contribution in [1.29, 1.82) is 0 Å². The molecule has 100 valence electrons. The van der Waals surface area contributed by atoms with Crippen LogP contribution < -0.4 is 4.74 Å². The van der Waals surface area contributed by atoms with Crippen molar-refractivity contribution in [3.8, 4) is 5.75 Å². The molecule has 1 saturated carbocycles. The molecule has 1 aromatic carbocycles. The van der Waals surface area contributed by atoms with Gasteiger partial charge < -0.3 is 14.6 Å². The summed E-state index contributed by atoms with van der Waals surface area (Å²) in [7, 11) is 3.24. The quantitative estimate of drug-likeness (QED) is 0.912. The topological polar surface area (TPSA) is 38.7 Å². The van der Waals surface area contributed by atoms with Crippen LogP contribution in [0.15, 0.2) is 18.2 Å². The second-order valence-electron chi connectivity index (χ2n) is 4.77. The van der Waals surface area contributed by atoms with Gasteiger partial charge in [-0.25, -0.2) is 0 Å². The lowest BCUT2D eigenvalue weighted by atomic mass is 9.89. The van der Waals surface area contributed by atoms with E-state index in [2.05, 4.69) is 0 Å². The molecule has 2 rings (SSSR count). The van der Waals surface area contributed by atoms with Crippen LogP contribution in [0.5, 0.6) is 5.75 Å². The van der Waals surface area contributed by atoms with Gasteiger partial charge in [-0.15, -0.1) is 0 Å². The Hall–Kier alpha value is -0.770. The van der Waals surface area contributed by atoms with E-state index in [0.717, 1.165) is 31.2 Å². The largest absolute Gasteiger partial charge is 0.495 e. The molecule has 0 aliphatic heterocycles. The van der Waals surface area contributed by atoms with Crippen molar-refractivity contribution >= 4 is 11.6 Å². The van der Waals surface area contributed by atoms with Crippen LogP contribution in [0.4, 0.5) is 0 Å². The Morgan fingerprint density at radius 2 is 1.94 bits per heavy atom. The van der Waals surface area contributed by atoms with Gasteiger partial charge in [0, 0.05) is 7.11 Å². The van der Waals surface area contributed by atoms with Crippen LogP contribution in [0.3, 0.4) is 0 Å². The van der Waals surface area contributed by atoms with E-state index in [9.17, 15) is 5.11 Å². The van der Waals surface area contributed by atoms with Crippen LogP contribution in [-0.4, -0.2) is 24.9 Å². The third-order valence-corrected chi connectivity index (χ3v) is 4.16. The molecule has 1 atom stereocenters. The highest BCUT2D eigenvalue weighted by Crippen LogP contribution is 2.43. The first-order chi connectivity index (χ1) is 8.63. The van der Waals surface area contributed by atoms with E-state index in [1.807, 2.05) is 6.07 Å². The van der Waals surface area contributed by atoms with Gasteiger partial charge in [-0.2, -0.15) is 0 Å². The lowest BCUT2D eigenvalue weighted by Crippen LogP contribution is -2.35. The predicted octanol–water partition coefficient (Wildman–Crippen LogP) is 3.34. The average Bonchev–Trinajstić information content (AvgIpc) is 2.88. The molecule has 0 spiro atoms. The molecule has 0 bridgehead atoms. The van der Waals surface area contributed by atoms with E-state index in [4.69, 9.17) is 21.1 Å². The highest BCUT2D eigenvalue weighted by molar-refractivity contribution is 6.32. The van der Waals surface area contributed by atoms with E-state index in [1.54, 1.807) is 26.4 Å². The summed E-state index contributed by atoms with van der Waals surface area (Å²) in [4.78, 5) is 0.